The van der Waals surface area contributed by atoms with Gasteiger partial charge >= 0.3 is 5.69 Å². The van der Waals surface area contributed by atoms with Crippen LogP contribution in [-0.2, 0) is 20.6 Å². The van der Waals surface area contributed by atoms with Crippen LogP contribution in [0.25, 0.3) is 11.2 Å². The van der Waals surface area contributed by atoms with Crippen LogP contribution in [0.2, 0.25) is 10.0 Å². The van der Waals surface area contributed by atoms with Gasteiger partial charge in [-0.2, -0.15) is 4.98 Å². The van der Waals surface area contributed by atoms with E-state index in [4.69, 9.17) is 28.3 Å². The van der Waals surface area contributed by atoms with Crippen molar-refractivity contribution in [3.05, 3.63) is 54.6 Å². The van der Waals surface area contributed by atoms with Crippen LogP contribution in [0, 0.1) is 0 Å². The first-order valence-corrected chi connectivity index (χ1v) is 9.55. The molecule has 0 saturated carbocycles. The summed E-state index contributed by atoms with van der Waals surface area (Å²) in [5.74, 6) is 0.488. The lowest BCUT2D eigenvalue weighted by molar-refractivity contribution is 0.286. The fourth-order valence-electron chi connectivity index (χ4n) is 3.00. The summed E-state index contributed by atoms with van der Waals surface area (Å²) in [6.45, 7) is 0.749. The zero-order valence-corrected chi connectivity index (χ0v) is 17.1. The average Bonchev–Trinajstić information content (AvgIpc) is 2.99. The second-order valence-electron chi connectivity index (χ2n) is 6.49. The molecule has 3 aromatic rings. The summed E-state index contributed by atoms with van der Waals surface area (Å²) in [6, 6.07) is 4.93. The lowest BCUT2D eigenvalue weighted by Gasteiger charge is -2.10. The van der Waals surface area contributed by atoms with Gasteiger partial charge in [-0.3, -0.25) is 13.9 Å². The van der Waals surface area contributed by atoms with Crippen LogP contribution in [0.15, 0.2) is 27.8 Å². The first kappa shape index (κ1) is 20.4. The number of anilines is 1. The van der Waals surface area contributed by atoms with Crippen LogP contribution < -0.4 is 16.6 Å². The van der Waals surface area contributed by atoms with Crippen molar-refractivity contribution in [1.82, 2.24) is 18.7 Å². The number of halogens is 2. The van der Waals surface area contributed by atoms with Gasteiger partial charge in [0.2, 0.25) is 5.95 Å². The molecule has 8 nitrogen and oxygen atoms in total. The number of aliphatic hydroxyl groups is 1. The number of rotatable bonds is 7. The monoisotopic (exact) mass is 425 g/mol. The quantitative estimate of drug-likeness (QED) is 0.564. The molecule has 2 N–H and O–H groups in total. The van der Waals surface area contributed by atoms with Crippen molar-refractivity contribution in [2.45, 2.75) is 19.4 Å². The molecule has 0 spiro atoms. The number of fused-ring (bicyclic) bond motifs is 1. The second kappa shape index (κ2) is 8.38. The summed E-state index contributed by atoms with van der Waals surface area (Å²) >= 11 is 12.1. The summed E-state index contributed by atoms with van der Waals surface area (Å²) in [6.07, 6.45) is 1.43. The third kappa shape index (κ3) is 3.80. The fourth-order valence-corrected chi connectivity index (χ4v) is 3.47. The standard InChI is InChI=1S/C18H21Cl2N5O3/c1-23-14-15(22-17(23)21-7-3-4-8-26)24(2)18(28)25(16(14)27)10-11-5-6-12(19)9-13(11)20/h5-6,9,26H,3-4,7-8,10H2,1-2H3,(H,21,22). The van der Waals surface area contributed by atoms with Gasteiger partial charge in [0.1, 0.15) is 0 Å². The van der Waals surface area contributed by atoms with E-state index in [2.05, 4.69) is 10.3 Å². The lowest BCUT2D eigenvalue weighted by atomic mass is 10.2. The van der Waals surface area contributed by atoms with Crippen LogP contribution in [0.4, 0.5) is 5.95 Å². The maximum Gasteiger partial charge on any atom is 0.332 e. The number of nitrogens with zero attached hydrogens (tertiary/aromatic N) is 4. The Hall–Kier alpha value is -2.29. The van der Waals surface area contributed by atoms with Gasteiger partial charge in [0.05, 0.1) is 6.54 Å². The van der Waals surface area contributed by atoms with Crippen LogP contribution >= 0.6 is 23.2 Å². The van der Waals surface area contributed by atoms with E-state index >= 15 is 0 Å². The largest absolute Gasteiger partial charge is 0.396 e. The molecule has 10 heteroatoms. The Bertz CT molecular complexity index is 1130. The average molecular weight is 426 g/mol. The molecule has 2 aromatic heterocycles. The van der Waals surface area contributed by atoms with Gasteiger partial charge in [-0.15, -0.1) is 0 Å². The van der Waals surface area contributed by atoms with Crippen LogP contribution in [0.1, 0.15) is 18.4 Å². The number of aryl methyl sites for hydroxylation is 2. The number of unbranched alkanes of at least 4 members (excludes halogenated alkanes) is 1. The maximum absolute atomic E-state index is 13.1. The lowest BCUT2D eigenvalue weighted by Crippen LogP contribution is -2.39. The van der Waals surface area contributed by atoms with Crippen molar-refractivity contribution in [1.29, 1.82) is 0 Å². The van der Waals surface area contributed by atoms with Gasteiger partial charge in [-0.05, 0) is 30.5 Å². The highest BCUT2D eigenvalue weighted by atomic mass is 35.5. The molecular formula is C18H21Cl2N5O3. The zero-order chi connectivity index (χ0) is 20.4. The Labute approximate surface area is 170 Å². The van der Waals surface area contributed by atoms with Crippen LogP contribution in [-0.4, -0.2) is 36.9 Å². The van der Waals surface area contributed by atoms with Crippen LogP contribution in [0.3, 0.4) is 0 Å². The molecule has 0 aliphatic heterocycles. The summed E-state index contributed by atoms with van der Waals surface area (Å²) in [5, 5.41) is 12.9. The number of hydrogen-bond donors (Lipinski definition) is 2. The van der Waals surface area contributed by atoms with Crippen molar-refractivity contribution in [3.63, 3.8) is 0 Å². The van der Waals surface area contributed by atoms with E-state index in [-0.39, 0.29) is 13.2 Å². The Morgan fingerprint density at radius 2 is 1.89 bits per heavy atom. The summed E-state index contributed by atoms with van der Waals surface area (Å²) in [7, 11) is 3.29. The van der Waals surface area contributed by atoms with Crippen molar-refractivity contribution in [2.24, 2.45) is 14.1 Å². The highest BCUT2D eigenvalue weighted by molar-refractivity contribution is 6.35. The third-order valence-corrected chi connectivity index (χ3v) is 5.16. The van der Waals surface area contributed by atoms with E-state index in [1.54, 1.807) is 36.9 Å². The third-order valence-electron chi connectivity index (χ3n) is 4.57. The Morgan fingerprint density at radius 3 is 2.57 bits per heavy atom. The molecule has 0 aliphatic carbocycles. The van der Waals surface area contributed by atoms with E-state index in [1.807, 2.05) is 0 Å². The van der Waals surface area contributed by atoms with Gasteiger partial charge < -0.3 is 15.0 Å². The van der Waals surface area contributed by atoms with E-state index in [1.165, 1.54) is 4.57 Å². The van der Waals surface area contributed by atoms with Gasteiger partial charge in [-0.25, -0.2) is 4.79 Å². The van der Waals surface area contributed by atoms with Crippen LogP contribution in [0.5, 0.6) is 0 Å². The minimum Gasteiger partial charge on any atom is -0.396 e. The number of hydrogen-bond acceptors (Lipinski definition) is 5. The highest BCUT2D eigenvalue weighted by Crippen LogP contribution is 2.21. The second-order valence-corrected chi connectivity index (χ2v) is 7.34. The summed E-state index contributed by atoms with van der Waals surface area (Å²) < 4.78 is 4.12. The fraction of sp³-hybridized carbons (Fsp3) is 0.389. The van der Waals surface area contributed by atoms with Crippen molar-refractivity contribution in [3.8, 4) is 0 Å². The highest BCUT2D eigenvalue weighted by Gasteiger charge is 2.19. The van der Waals surface area contributed by atoms with E-state index in [0.29, 0.717) is 45.7 Å². The predicted molar refractivity (Wildman–Crippen MR) is 111 cm³/mol. The topological polar surface area (TPSA) is 94.1 Å². The van der Waals surface area contributed by atoms with Crippen molar-refractivity contribution in [2.75, 3.05) is 18.5 Å². The smallest absolute Gasteiger partial charge is 0.332 e. The molecule has 2 heterocycles. The number of aliphatic hydroxyl groups excluding tert-OH is 1. The SMILES string of the molecule is Cn1c(NCCCCO)nc2c1c(=O)n(Cc1ccc(Cl)cc1Cl)c(=O)n2C. The predicted octanol–water partition coefficient (Wildman–Crippen LogP) is 1.97. The molecule has 0 radical (unpaired) electrons. The first-order chi connectivity index (χ1) is 13.3. The summed E-state index contributed by atoms with van der Waals surface area (Å²) in [4.78, 5) is 30.2. The van der Waals surface area contributed by atoms with Gasteiger partial charge in [0, 0.05) is 37.3 Å². The number of aromatic nitrogens is 4. The molecule has 0 bridgehead atoms. The first-order valence-electron chi connectivity index (χ1n) is 8.80. The molecule has 0 atom stereocenters. The Balaban J connectivity index is 2.06. The van der Waals surface area contributed by atoms with E-state index < -0.39 is 11.2 Å². The maximum atomic E-state index is 13.1. The summed E-state index contributed by atoms with van der Waals surface area (Å²) in [5.41, 5.74) is 0.322. The molecule has 0 amide bonds. The molecule has 3 rings (SSSR count). The van der Waals surface area contributed by atoms with Gasteiger partial charge in [0.15, 0.2) is 11.2 Å². The normalized spacial score (nSPS) is 11.3. The van der Waals surface area contributed by atoms with Gasteiger partial charge in [-0.1, -0.05) is 29.3 Å². The molecular weight excluding hydrogens is 405 g/mol. The van der Waals surface area contributed by atoms with Crippen molar-refractivity contribution < 1.29 is 5.11 Å². The molecule has 1 aromatic carbocycles. The molecule has 0 aliphatic rings. The Morgan fingerprint density at radius 1 is 1.14 bits per heavy atom. The van der Waals surface area contributed by atoms with E-state index in [0.717, 1.165) is 11.0 Å². The van der Waals surface area contributed by atoms with Gasteiger partial charge in [0.25, 0.3) is 5.56 Å². The van der Waals surface area contributed by atoms with Crippen molar-refractivity contribution >= 4 is 40.3 Å². The minimum atomic E-state index is -0.478. The molecule has 0 unspecified atom stereocenters. The molecule has 28 heavy (non-hydrogen) atoms. The zero-order valence-electron chi connectivity index (χ0n) is 15.6. The number of nitrogens with one attached hydrogen (secondary N) is 1. The molecule has 0 fully saturated rings. The minimum absolute atomic E-state index is 0.0297. The number of benzene rings is 1. The molecule has 0 saturated heterocycles. The number of imidazole rings is 1. The van der Waals surface area contributed by atoms with E-state index in [9.17, 15) is 9.59 Å². The molecule has 150 valence electrons. The Kier molecular flexibility index (Phi) is 6.12.